The number of fused-ring (bicyclic) bond motifs is 1. The summed E-state index contributed by atoms with van der Waals surface area (Å²) in [6, 6.07) is 21.4. The third-order valence-corrected chi connectivity index (χ3v) is 6.26. The van der Waals surface area contributed by atoms with Crippen molar-refractivity contribution in [2.24, 2.45) is 0 Å². The van der Waals surface area contributed by atoms with E-state index < -0.39 is 0 Å². The van der Waals surface area contributed by atoms with Gasteiger partial charge in [-0.25, -0.2) is 4.98 Å². The first-order chi connectivity index (χ1) is 14.8. The number of nitrogens with zero attached hydrogens (tertiary/aromatic N) is 5. The summed E-state index contributed by atoms with van der Waals surface area (Å²) in [5, 5.41) is 0. The lowest BCUT2D eigenvalue weighted by molar-refractivity contribution is 0.270. The highest BCUT2D eigenvalue weighted by Crippen LogP contribution is 2.34. The lowest BCUT2D eigenvalue weighted by atomic mass is 10.0. The Balaban J connectivity index is 1.56. The Morgan fingerprint density at radius 2 is 1.60 bits per heavy atom. The molecule has 0 amide bonds. The summed E-state index contributed by atoms with van der Waals surface area (Å²) < 4.78 is 0. The van der Waals surface area contributed by atoms with E-state index in [1.165, 1.54) is 11.3 Å². The quantitative estimate of drug-likeness (QED) is 0.651. The minimum atomic E-state index is 0.852. The highest BCUT2D eigenvalue weighted by atomic mass is 15.3. The van der Waals surface area contributed by atoms with Gasteiger partial charge in [0.15, 0.2) is 0 Å². The van der Waals surface area contributed by atoms with Gasteiger partial charge in [0.05, 0.1) is 5.69 Å². The Hall–Kier alpha value is -2.92. The molecule has 0 atom stereocenters. The summed E-state index contributed by atoms with van der Waals surface area (Å²) in [4.78, 5) is 17.3. The molecule has 1 fully saturated rings. The number of likely N-dealkylation sites (N-methyl/N-ethyl adjacent to an activating group) is 1. The molecule has 1 saturated heterocycles. The zero-order valence-electron chi connectivity index (χ0n) is 17.7. The van der Waals surface area contributed by atoms with E-state index in [1.54, 1.807) is 0 Å². The molecule has 0 spiro atoms. The van der Waals surface area contributed by atoms with Gasteiger partial charge in [-0.2, -0.15) is 4.98 Å². The van der Waals surface area contributed by atoms with Crippen LogP contribution >= 0.6 is 0 Å². The third kappa shape index (κ3) is 3.77. The summed E-state index contributed by atoms with van der Waals surface area (Å²) >= 11 is 0. The number of hydrogen-bond acceptors (Lipinski definition) is 5. The summed E-state index contributed by atoms with van der Waals surface area (Å²) in [5.41, 5.74) is 4.82. The van der Waals surface area contributed by atoms with Crippen LogP contribution < -0.4 is 9.80 Å². The number of rotatable bonds is 4. The minimum Gasteiger partial charge on any atom is -0.338 e. The summed E-state index contributed by atoms with van der Waals surface area (Å²) in [6.07, 6.45) is 2.28. The largest absolute Gasteiger partial charge is 0.338 e. The van der Waals surface area contributed by atoms with E-state index in [-0.39, 0.29) is 0 Å². The maximum Gasteiger partial charge on any atom is 0.227 e. The smallest absolute Gasteiger partial charge is 0.227 e. The molecule has 2 aliphatic heterocycles. The summed E-state index contributed by atoms with van der Waals surface area (Å²) in [6.45, 7) is 8.41. The molecule has 1 aromatic heterocycles. The van der Waals surface area contributed by atoms with Crippen molar-refractivity contribution in [2.45, 2.75) is 19.8 Å². The van der Waals surface area contributed by atoms with Crippen LogP contribution in [0.15, 0.2) is 60.7 Å². The first-order valence-corrected chi connectivity index (χ1v) is 11.1. The lowest BCUT2D eigenvalue weighted by Crippen LogP contribution is -2.46. The van der Waals surface area contributed by atoms with Crippen molar-refractivity contribution in [1.82, 2.24) is 14.9 Å². The molecule has 154 valence electrons. The number of hydrogen-bond donors (Lipinski definition) is 0. The fraction of sp³-hybridized carbons (Fsp3) is 0.360. The Morgan fingerprint density at radius 3 is 2.40 bits per heavy atom. The van der Waals surface area contributed by atoms with Crippen molar-refractivity contribution in [2.75, 3.05) is 49.1 Å². The molecular formula is C25H29N5. The number of aromatic nitrogens is 2. The van der Waals surface area contributed by atoms with Crippen LogP contribution in [0.2, 0.25) is 0 Å². The van der Waals surface area contributed by atoms with E-state index >= 15 is 0 Å². The van der Waals surface area contributed by atoms with Crippen LogP contribution in [0.4, 0.5) is 17.5 Å². The molecule has 0 saturated carbocycles. The van der Waals surface area contributed by atoms with Gasteiger partial charge in [-0.15, -0.1) is 0 Å². The van der Waals surface area contributed by atoms with Crippen molar-refractivity contribution in [3.63, 3.8) is 0 Å². The molecule has 30 heavy (non-hydrogen) atoms. The summed E-state index contributed by atoms with van der Waals surface area (Å²) in [7, 11) is 0. The molecule has 0 N–H and O–H groups in total. The molecule has 5 nitrogen and oxygen atoms in total. The Bertz CT molecular complexity index is 995. The molecule has 2 aromatic carbocycles. The zero-order chi connectivity index (χ0) is 20.3. The molecule has 3 aromatic rings. The van der Waals surface area contributed by atoms with Gasteiger partial charge < -0.3 is 14.7 Å². The Labute approximate surface area is 179 Å². The molecule has 2 aliphatic rings. The van der Waals surface area contributed by atoms with Gasteiger partial charge in [-0.1, -0.05) is 55.5 Å². The van der Waals surface area contributed by atoms with Crippen LogP contribution in [0.25, 0.3) is 11.3 Å². The number of benzene rings is 2. The Morgan fingerprint density at radius 1 is 0.833 bits per heavy atom. The second-order valence-corrected chi connectivity index (χ2v) is 8.08. The van der Waals surface area contributed by atoms with Crippen molar-refractivity contribution in [1.29, 1.82) is 0 Å². The van der Waals surface area contributed by atoms with Gasteiger partial charge in [0.1, 0.15) is 5.82 Å². The topological polar surface area (TPSA) is 35.5 Å². The van der Waals surface area contributed by atoms with E-state index in [1.807, 2.05) is 0 Å². The first-order valence-electron chi connectivity index (χ1n) is 11.1. The van der Waals surface area contributed by atoms with Crippen LogP contribution in [-0.2, 0) is 6.42 Å². The van der Waals surface area contributed by atoms with Crippen LogP contribution in [-0.4, -0.2) is 54.1 Å². The fourth-order valence-corrected chi connectivity index (χ4v) is 4.49. The molecule has 0 aliphatic carbocycles. The monoisotopic (exact) mass is 399 g/mol. The predicted molar refractivity (Wildman–Crippen MR) is 124 cm³/mol. The molecular weight excluding hydrogens is 370 g/mol. The average molecular weight is 400 g/mol. The highest BCUT2D eigenvalue weighted by Gasteiger charge is 2.23. The second kappa shape index (κ2) is 8.44. The fourth-order valence-electron chi connectivity index (χ4n) is 4.49. The van der Waals surface area contributed by atoms with E-state index in [9.17, 15) is 0 Å². The van der Waals surface area contributed by atoms with Crippen LogP contribution in [0.3, 0.4) is 0 Å². The van der Waals surface area contributed by atoms with Crippen molar-refractivity contribution in [3.05, 3.63) is 66.2 Å². The normalized spacial score (nSPS) is 17.1. The van der Waals surface area contributed by atoms with Gasteiger partial charge in [-0.3, -0.25) is 0 Å². The third-order valence-electron chi connectivity index (χ3n) is 6.26. The number of anilines is 3. The molecule has 0 unspecified atom stereocenters. The van der Waals surface area contributed by atoms with Gasteiger partial charge in [0.25, 0.3) is 0 Å². The van der Waals surface area contributed by atoms with Gasteiger partial charge in [0.2, 0.25) is 5.95 Å². The zero-order valence-corrected chi connectivity index (χ0v) is 17.7. The van der Waals surface area contributed by atoms with Crippen LogP contribution in [0, 0.1) is 0 Å². The van der Waals surface area contributed by atoms with Crippen molar-refractivity contribution in [3.8, 4) is 11.3 Å². The number of aryl methyl sites for hydroxylation is 1. The van der Waals surface area contributed by atoms with Crippen LogP contribution in [0.1, 0.15) is 18.9 Å². The first kappa shape index (κ1) is 19.1. The summed E-state index contributed by atoms with van der Waals surface area (Å²) in [5.74, 6) is 1.86. The van der Waals surface area contributed by atoms with E-state index in [0.717, 1.165) is 75.1 Å². The SMILES string of the molecule is CCN1CCN(c2nc(-c3ccccc3)cc(N3CCCc4ccccc43)n2)CC1. The lowest BCUT2D eigenvalue weighted by Gasteiger charge is -2.35. The maximum atomic E-state index is 5.08. The average Bonchev–Trinajstić information content (AvgIpc) is 2.84. The number of para-hydroxylation sites is 1. The minimum absolute atomic E-state index is 0.852. The van der Waals surface area contributed by atoms with Crippen molar-refractivity contribution >= 4 is 17.5 Å². The number of piperazine rings is 1. The van der Waals surface area contributed by atoms with Crippen LogP contribution in [0.5, 0.6) is 0 Å². The second-order valence-electron chi connectivity index (χ2n) is 8.08. The Kier molecular flexibility index (Phi) is 5.37. The van der Waals surface area contributed by atoms with Crippen molar-refractivity contribution < 1.29 is 0 Å². The maximum absolute atomic E-state index is 5.08. The van der Waals surface area contributed by atoms with E-state index in [0.29, 0.717) is 0 Å². The van der Waals surface area contributed by atoms with Gasteiger partial charge in [-0.05, 0) is 31.0 Å². The molecule has 5 rings (SSSR count). The standard InChI is InChI=1S/C25H29N5/c1-2-28-15-17-29(18-16-28)25-26-22(20-9-4-3-5-10-20)19-24(27-25)30-14-8-12-21-11-6-7-13-23(21)30/h3-7,9-11,13,19H,2,8,12,14-18H2,1H3. The molecule has 0 radical (unpaired) electrons. The van der Waals surface area contributed by atoms with E-state index in [4.69, 9.17) is 9.97 Å². The predicted octanol–water partition coefficient (Wildman–Crippen LogP) is 4.37. The highest BCUT2D eigenvalue weighted by molar-refractivity contribution is 5.71. The van der Waals surface area contributed by atoms with Gasteiger partial charge in [0, 0.05) is 50.0 Å². The molecule has 3 heterocycles. The molecule has 5 heteroatoms. The van der Waals surface area contributed by atoms with Gasteiger partial charge >= 0.3 is 0 Å². The van der Waals surface area contributed by atoms with E-state index in [2.05, 4.69) is 82.3 Å². The molecule has 0 bridgehead atoms.